The summed E-state index contributed by atoms with van der Waals surface area (Å²) in [5.41, 5.74) is 7.24. The van der Waals surface area contributed by atoms with Crippen LogP contribution in [0.5, 0.6) is 0 Å². The molecule has 0 atom stereocenters. The van der Waals surface area contributed by atoms with E-state index in [9.17, 15) is 4.39 Å². The van der Waals surface area contributed by atoms with Crippen molar-refractivity contribution in [2.75, 3.05) is 24.5 Å². The Hall–Kier alpha value is -2.82. The van der Waals surface area contributed by atoms with Crippen LogP contribution in [0.3, 0.4) is 0 Å². The molecule has 1 saturated heterocycles. The lowest BCUT2D eigenvalue weighted by molar-refractivity contribution is 0.389. The molecule has 0 saturated carbocycles. The number of H-pyrrole nitrogens is 1. The van der Waals surface area contributed by atoms with Crippen LogP contribution in [0.4, 0.5) is 15.8 Å². The number of nitrogens with zero attached hydrogens (tertiary/aromatic N) is 3. The average Bonchev–Trinajstić information content (AvgIpc) is 3.34. The number of aromatic nitrogens is 1. The van der Waals surface area contributed by atoms with Gasteiger partial charge in [0.05, 0.1) is 5.69 Å². The second kappa shape index (κ2) is 6.61. The number of benzene rings is 2. The van der Waals surface area contributed by atoms with Gasteiger partial charge in [-0.3, -0.25) is 0 Å². The first-order chi connectivity index (χ1) is 14.2. The van der Waals surface area contributed by atoms with Crippen LogP contribution < -0.4 is 4.90 Å². The summed E-state index contributed by atoms with van der Waals surface area (Å²) in [5.74, 6) is 0.978. The smallest absolute Gasteiger partial charge is 0.125 e. The van der Waals surface area contributed by atoms with E-state index < -0.39 is 0 Å². The zero-order chi connectivity index (χ0) is 19.4. The molecular formula is C24H25FN4. The van der Waals surface area contributed by atoms with Crippen LogP contribution >= 0.6 is 0 Å². The molecule has 0 spiro atoms. The highest BCUT2D eigenvalue weighted by Gasteiger charge is 2.26. The van der Waals surface area contributed by atoms with Gasteiger partial charge in [-0.05, 0) is 61.2 Å². The van der Waals surface area contributed by atoms with E-state index in [1.807, 2.05) is 6.07 Å². The Morgan fingerprint density at radius 3 is 2.72 bits per heavy atom. The number of anilines is 1. The topological polar surface area (TPSA) is 34.6 Å². The minimum atomic E-state index is -0.187. The van der Waals surface area contributed by atoms with Gasteiger partial charge in [-0.15, -0.1) is 0 Å². The zero-order valence-electron chi connectivity index (χ0n) is 16.5. The first-order valence-corrected chi connectivity index (χ1v) is 10.7. The number of aliphatic imine (C=N–C) groups is 1. The Balaban J connectivity index is 1.24. The van der Waals surface area contributed by atoms with Crippen LogP contribution in [0.1, 0.15) is 36.1 Å². The molecular weight excluding hydrogens is 363 g/mol. The predicted molar refractivity (Wildman–Crippen MR) is 116 cm³/mol. The zero-order valence-corrected chi connectivity index (χ0v) is 16.5. The quantitative estimate of drug-likeness (QED) is 0.641. The predicted octanol–water partition coefficient (Wildman–Crippen LogP) is 4.94. The van der Waals surface area contributed by atoms with Gasteiger partial charge in [-0.1, -0.05) is 0 Å². The first-order valence-electron chi connectivity index (χ1n) is 10.7. The van der Waals surface area contributed by atoms with Crippen molar-refractivity contribution >= 4 is 28.1 Å². The van der Waals surface area contributed by atoms with E-state index >= 15 is 0 Å². The summed E-state index contributed by atoms with van der Waals surface area (Å²) in [6, 6.07) is 11.8. The number of hydrogen-bond donors (Lipinski definition) is 1. The van der Waals surface area contributed by atoms with E-state index in [-0.39, 0.29) is 5.82 Å². The van der Waals surface area contributed by atoms with E-state index in [2.05, 4.69) is 33.0 Å². The monoisotopic (exact) mass is 388 g/mol. The number of fused-ring (bicyclic) bond motifs is 4. The maximum Gasteiger partial charge on any atom is 0.125 e. The van der Waals surface area contributed by atoms with Crippen LogP contribution in [-0.2, 0) is 19.4 Å². The molecule has 3 aliphatic rings. The lowest BCUT2D eigenvalue weighted by Crippen LogP contribution is -2.35. The third kappa shape index (κ3) is 2.91. The lowest BCUT2D eigenvalue weighted by atomic mass is 10.0. The first kappa shape index (κ1) is 17.1. The number of hydrogen-bond acceptors (Lipinski definition) is 3. The SMILES string of the molecule is Fc1ccc2c3c([nH]c2c1)CCN(C1=Nc2ccc(N4CCCCC4)cc2C1)C3. The highest BCUT2D eigenvalue weighted by Crippen LogP contribution is 2.35. The summed E-state index contributed by atoms with van der Waals surface area (Å²) in [6.45, 7) is 4.13. The number of rotatable bonds is 1. The van der Waals surface area contributed by atoms with Gasteiger partial charge < -0.3 is 14.8 Å². The van der Waals surface area contributed by atoms with Crippen molar-refractivity contribution in [2.45, 2.75) is 38.6 Å². The molecule has 0 aliphatic carbocycles. The van der Waals surface area contributed by atoms with Crippen LogP contribution in [0, 0.1) is 5.82 Å². The molecule has 1 fully saturated rings. The van der Waals surface area contributed by atoms with Crippen molar-refractivity contribution in [1.82, 2.24) is 9.88 Å². The molecule has 0 radical (unpaired) electrons. The normalized spacial score (nSPS) is 18.7. The van der Waals surface area contributed by atoms with E-state index in [4.69, 9.17) is 4.99 Å². The standard InChI is InChI=1S/C24H25FN4/c25-17-4-6-19-20-15-29(11-8-22(20)26-23(19)14-17)24-13-16-12-18(5-7-21(16)27-24)28-9-2-1-3-10-28/h4-7,12,14,26H,1-3,8-11,13,15H2. The fraction of sp³-hybridized carbons (Fsp3) is 0.375. The van der Waals surface area contributed by atoms with Crippen molar-refractivity contribution in [1.29, 1.82) is 0 Å². The fourth-order valence-corrected chi connectivity index (χ4v) is 5.12. The maximum atomic E-state index is 13.6. The van der Waals surface area contributed by atoms with E-state index in [0.29, 0.717) is 0 Å². The van der Waals surface area contributed by atoms with Crippen LogP contribution in [0.2, 0.25) is 0 Å². The van der Waals surface area contributed by atoms with Crippen molar-refractivity contribution in [3.8, 4) is 0 Å². The summed E-state index contributed by atoms with van der Waals surface area (Å²) in [4.78, 5) is 13.3. The lowest BCUT2D eigenvalue weighted by Gasteiger charge is -2.29. The molecule has 29 heavy (non-hydrogen) atoms. The molecule has 4 nitrogen and oxygen atoms in total. The summed E-state index contributed by atoms with van der Waals surface area (Å²) >= 11 is 0. The minimum Gasteiger partial charge on any atom is -0.372 e. The molecule has 3 aromatic rings. The Morgan fingerprint density at radius 1 is 0.931 bits per heavy atom. The molecule has 0 bridgehead atoms. The van der Waals surface area contributed by atoms with Gasteiger partial charge in [0.1, 0.15) is 11.7 Å². The van der Waals surface area contributed by atoms with Gasteiger partial charge in [0.2, 0.25) is 0 Å². The number of aromatic amines is 1. The van der Waals surface area contributed by atoms with Crippen molar-refractivity contribution in [3.05, 3.63) is 59.0 Å². The molecule has 6 rings (SSSR count). The van der Waals surface area contributed by atoms with Gasteiger partial charge in [0.25, 0.3) is 0 Å². The molecule has 0 unspecified atom stereocenters. The Morgan fingerprint density at radius 2 is 1.83 bits per heavy atom. The highest BCUT2D eigenvalue weighted by atomic mass is 19.1. The van der Waals surface area contributed by atoms with Crippen LogP contribution in [-0.4, -0.2) is 35.4 Å². The number of piperidine rings is 1. The van der Waals surface area contributed by atoms with Crippen LogP contribution in [0.15, 0.2) is 41.4 Å². The van der Waals surface area contributed by atoms with Gasteiger partial charge in [0, 0.05) is 66.9 Å². The van der Waals surface area contributed by atoms with Gasteiger partial charge in [-0.25, -0.2) is 9.38 Å². The fourth-order valence-electron chi connectivity index (χ4n) is 5.12. The maximum absolute atomic E-state index is 13.6. The number of nitrogens with one attached hydrogen (secondary N) is 1. The molecule has 2 aromatic carbocycles. The molecule has 3 aliphatic heterocycles. The summed E-state index contributed by atoms with van der Waals surface area (Å²) in [7, 11) is 0. The van der Waals surface area contributed by atoms with Crippen molar-refractivity contribution < 1.29 is 4.39 Å². The molecule has 148 valence electrons. The second-order valence-corrected chi connectivity index (χ2v) is 8.51. The van der Waals surface area contributed by atoms with Gasteiger partial charge >= 0.3 is 0 Å². The summed E-state index contributed by atoms with van der Waals surface area (Å²) in [5, 5.41) is 1.13. The van der Waals surface area contributed by atoms with Gasteiger partial charge in [-0.2, -0.15) is 0 Å². The highest BCUT2D eigenvalue weighted by molar-refractivity contribution is 5.94. The Bertz CT molecular complexity index is 1120. The van der Waals surface area contributed by atoms with Crippen molar-refractivity contribution in [3.63, 3.8) is 0 Å². The largest absolute Gasteiger partial charge is 0.372 e. The summed E-state index contributed by atoms with van der Waals surface area (Å²) in [6.07, 6.45) is 5.79. The Labute approximate surface area is 170 Å². The third-order valence-electron chi connectivity index (χ3n) is 6.68. The minimum absolute atomic E-state index is 0.187. The van der Waals surface area contributed by atoms with E-state index in [1.165, 1.54) is 54.9 Å². The number of amidine groups is 1. The third-order valence-corrected chi connectivity index (χ3v) is 6.68. The van der Waals surface area contributed by atoms with E-state index in [0.717, 1.165) is 48.4 Å². The van der Waals surface area contributed by atoms with Crippen molar-refractivity contribution in [2.24, 2.45) is 4.99 Å². The molecule has 1 N–H and O–H groups in total. The number of halogens is 1. The van der Waals surface area contributed by atoms with Crippen LogP contribution in [0.25, 0.3) is 10.9 Å². The molecule has 0 amide bonds. The molecule has 5 heteroatoms. The Kier molecular flexibility index (Phi) is 3.89. The summed E-state index contributed by atoms with van der Waals surface area (Å²) < 4.78 is 13.6. The van der Waals surface area contributed by atoms with E-state index in [1.54, 1.807) is 12.1 Å². The second-order valence-electron chi connectivity index (χ2n) is 8.51. The molecule has 4 heterocycles. The average molecular weight is 388 g/mol. The van der Waals surface area contributed by atoms with Gasteiger partial charge in [0.15, 0.2) is 0 Å². The molecule has 1 aromatic heterocycles.